The molecule has 0 aromatic heterocycles. The Kier molecular flexibility index (Phi) is 4.12. The molecule has 1 aliphatic rings. The van der Waals surface area contributed by atoms with Crippen molar-refractivity contribution in [1.29, 1.82) is 0 Å². The van der Waals surface area contributed by atoms with E-state index >= 15 is 0 Å². The number of aliphatic carboxylic acids is 1. The van der Waals surface area contributed by atoms with E-state index in [0.29, 0.717) is 18.4 Å². The van der Waals surface area contributed by atoms with Crippen LogP contribution in [0.5, 0.6) is 0 Å². The highest BCUT2D eigenvalue weighted by Crippen LogP contribution is 2.41. The van der Waals surface area contributed by atoms with Crippen LogP contribution in [0, 0.1) is 0 Å². The Balaban J connectivity index is 2.57. The van der Waals surface area contributed by atoms with Crippen molar-refractivity contribution in [3.8, 4) is 0 Å². The van der Waals surface area contributed by atoms with Gasteiger partial charge in [-0.1, -0.05) is 43.7 Å². The van der Waals surface area contributed by atoms with Crippen molar-refractivity contribution in [3.05, 3.63) is 35.9 Å². The van der Waals surface area contributed by atoms with Gasteiger partial charge in [0.15, 0.2) is 5.54 Å². The smallest absolute Gasteiger partial charge is 0.334 e. The second-order valence-corrected chi connectivity index (χ2v) is 5.40. The summed E-state index contributed by atoms with van der Waals surface area (Å²) in [6, 6.07) is 9.19. The number of carboxylic acid groups (broad SMARTS) is 1. The number of benzene rings is 1. The predicted octanol–water partition coefficient (Wildman–Crippen LogP) is 2.78. The highest BCUT2D eigenvalue weighted by Gasteiger charge is 2.51. The molecule has 1 amide bonds. The summed E-state index contributed by atoms with van der Waals surface area (Å²) in [5, 5.41) is 9.91. The van der Waals surface area contributed by atoms with E-state index in [0.717, 1.165) is 12.8 Å². The SMILES string of the molecule is CCCC(C(=O)O)(c1ccccc1)N(C(C)=O)C1CC1. The standard InChI is InChI=1S/C16H21NO3/c1-3-11-16(15(19)20,13-7-5-4-6-8-13)17(12(2)18)14-9-10-14/h4-8,14H,3,9-11H2,1-2H3,(H,19,20). The van der Waals surface area contributed by atoms with Gasteiger partial charge in [0, 0.05) is 13.0 Å². The van der Waals surface area contributed by atoms with Crippen LogP contribution in [0.4, 0.5) is 0 Å². The highest BCUT2D eigenvalue weighted by molar-refractivity contribution is 5.88. The summed E-state index contributed by atoms with van der Waals surface area (Å²) in [7, 11) is 0. The third kappa shape index (κ3) is 2.42. The summed E-state index contributed by atoms with van der Waals surface area (Å²) in [4.78, 5) is 25.8. The van der Waals surface area contributed by atoms with Gasteiger partial charge < -0.3 is 10.0 Å². The molecule has 108 valence electrons. The summed E-state index contributed by atoms with van der Waals surface area (Å²) in [6.45, 7) is 3.42. The summed E-state index contributed by atoms with van der Waals surface area (Å²) < 4.78 is 0. The van der Waals surface area contributed by atoms with Gasteiger partial charge in [0.1, 0.15) is 0 Å². The first-order chi connectivity index (χ1) is 9.54. The molecule has 4 heteroatoms. The first kappa shape index (κ1) is 14.6. The molecule has 4 nitrogen and oxygen atoms in total. The van der Waals surface area contributed by atoms with Crippen molar-refractivity contribution in [2.75, 3.05) is 0 Å². The lowest BCUT2D eigenvalue weighted by Crippen LogP contribution is -2.55. The second-order valence-electron chi connectivity index (χ2n) is 5.40. The van der Waals surface area contributed by atoms with Crippen molar-refractivity contribution in [1.82, 2.24) is 4.90 Å². The molecule has 2 rings (SSSR count). The minimum absolute atomic E-state index is 0.0651. The Morgan fingerprint density at radius 2 is 1.90 bits per heavy atom. The van der Waals surface area contributed by atoms with Gasteiger partial charge in [-0.05, 0) is 24.8 Å². The Labute approximate surface area is 119 Å². The molecule has 1 N–H and O–H groups in total. The second kappa shape index (κ2) is 5.65. The van der Waals surface area contributed by atoms with Crippen LogP contribution in [0.15, 0.2) is 30.3 Å². The Morgan fingerprint density at radius 3 is 2.30 bits per heavy atom. The number of amides is 1. The number of nitrogens with zero attached hydrogens (tertiary/aromatic N) is 1. The van der Waals surface area contributed by atoms with Crippen LogP contribution in [0.3, 0.4) is 0 Å². The van der Waals surface area contributed by atoms with Gasteiger partial charge in [0.05, 0.1) is 0 Å². The third-order valence-electron chi connectivity index (χ3n) is 3.88. The average molecular weight is 275 g/mol. The lowest BCUT2D eigenvalue weighted by Gasteiger charge is -2.41. The quantitative estimate of drug-likeness (QED) is 0.868. The van der Waals surface area contributed by atoms with Crippen LogP contribution in [-0.4, -0.2) is 27.9 Å². The van der Waals surface area contributed by atoms with Gasteiger partial charge in [0.2, 0.25) is 5.91 Å². The average Bonchev–Trinajstić information content (AvgIpc) is 3.23. The fourth-order valence-electron chi connectivity index (χ4n) is 2.98. The minimum atomic E-state index is -1.23. The summed E-state index contributed by atoms with van der Waals surface area (Å²) in [5.41, 5.74) is -0.542. The van der Waals surface area contributed by atoms with E-state index in [1.165, 1.54) is 6.92 Å². The molecular formula is C16H21NO3. The van der Waals surface area contributed by atoms with Crippen LogP contribution in [0.2, 0.25) is 0 Å². The van der Waals surface area contributed by atoms with Gasteiger partial charge in [-0.2, -0.15) is 0 Å². The molecule has 0 bridgehead atoms. The number of carboxylic acids is 1. The van der Waals surface area contributed by atoms with Crippen LogP contribution in [0.25, 0.3) is 0 Å². The maximum Gasteiger partial charge on any atom is 0.334 e. The Bertz CT molecular complexity index is 496. The molecule has 1 saturated carbocycles. The van der Waals surface area contributed by atoms with Crippen LogP contribution in [-0.2, 0) is 15.1 Å². The van der Waals surface area contributed by atoms with Crippen molar-refractivity contribution < 1.29 is 14.7 Å². The third-order valence-corrected chi connectivity index (χ3v) is 3.88. The zero-order chi connectivity index (χ0) is 14.8. The molecular weight excluding hydrogens is 254 g/mol. The van der Waals surface area contributed by atoms with E-state index in [2.05, 4.69) is 0 Å². The minimum Gasteiger partial charge on any atom is -0.479 e. The Hall–Kier alpha value is -1.84. The van der Waals surface area contributed by atoms with Crippen molar-refractivity contribution in [3.63, 3.8) is 0 Å². The molecule has 1 fully saturated rings. The maximum absolute atomic E-state index is 12.1. The van der Waals surface area contributed by atoms with Crippen LogP contribution < -0.4 is 0 Å². The molecule has 0 aliphatic heterocycles. The number of rotatable bonds is 6. The fraction of sp³-hybridized carbons (Fsp3) is 0.500. The lowest BCUT2D eigenvalue weighted by atomic mass is 9.83. The van der Waals surface area contributed by atoms with Gasteiger partial charge in [-0.25, -0.2) is 4.79 Å². The molecule has 0 heterocycles. The lowest BCUT2D eigenvalue weighted by molar-refractivity contribution is -0.161. The molecule has 1 aliphatic carbocycles. The monoisotopic (exact) mass is 275 g/mol. The molecule has 0 radical (unpaired) electrons. The van der Waals surface area contributed by atoms with Gasteiger partial charge in [0.25, 0.3) is 0 Å². The van der Waals surface area contributed by atoms with E-state index in [1.54, 1.807) is 4.90 Å². The zero-order valence-corrected chi connectivity index (χ0v) is 12.0. The maximum atomic E-state index is 12.1. The fourth-order valence-corrected chi connectivity index (χ4v) is 2.98. The summed E-state index contributed by atoms with van der Waals surface area (Å²) in [6.07, 6.45) is 2.93. The molecule has 1 aromatic carbocycles. The molecule has 1 atom stereocenters. The van der Waals surface area contributed by atoms with E-state index in [-0.39, 0.29) is 11.9 Å². The molecule has 0 saturated heterocycles. The van der Waals surface area contributed by atoms with Crippen LogP contribution in [0.1, 0.15) is 45.1 Å². The first-order valence-electron chi connectivity index (χ1n) is 7.13. The molecule has 1 unspecified atom stereocenters. The van der Waals surface area contributed by atoms with E-state index in [4.69, 9.17) is 0 Å². The topological polar surface area (TPSA) is 57.6 Å². The summed E-state index contributed by atoms with van der Waals surface area (Å²) >= 11 is 0. The largest absolute Gasteiger partial charge is 0.479 e. The van der Waals surface area contributed by atoms with Crippen molar-refractivity contribution in [2.24, 2.45) is 0 Å². The first-order valence-corrected chi connectivity index (χ1v) is 7.13. The van der Waals surface area contributed by atoms with Gasteiger partial charge in [-0.15, -0.1) is 0 Å². The number of carbonyl (C=O) groups excluding carboxylic acids is 1. The summed E-state index contributed by atoms with van der Waals surface area (Å²) in [5.74, 6) is -1.10. The van der Waals surface area contributed by atoms with Crippen LogP contribution >= 0.6 is 0 Å². The molecule has 20 heavy (non-hydrogen) atoms. The molecule has 1 aromatic rings. The van der Waals surface area contributed by atoms with Gasteiger partial charge in [-0.3, -0.25) is 4.79 Å². The number of carbonyl (C=O) groups is 2. The molecule has 0 spiro atoms. The number of hydrogen-bond acceptors (Lipinski definition) is 2. The Morgan fingerprint density at radius 1 is 1.30 bits per heavy atom. The van der Waals surface area contributed by atoms with Gasteiger partial charge >= 0.3 is 5.97 Å². The van der Waals surface area contributed by atoms with E-state index in [9.17, 15) is 14.7 Å². The normalized spacial score (nSPS) is 17.3. The highest BCUT2D eigenvalue weighted by atomic mass is 16.4. The zero-order valence-electron chi connectivity index (χ0n) is 12.0. The predicted molar refractivity (Wildman–Crippen MR) is 76.2 cm³/mol. The van der Waals surface area contributed by atoms with Crippen molar-refractivity contribution >= 4 is 11.9 Å². The van der Waals surface area contributed by atoms with E-state index in [1.807, 2.05) is 37.3 Å². The van der Waals surface area contributed by atoms with Crippen molar-refractivity contribution in [2.45, 2.75) is 51.1 Å². The number of hydrogen-bond donors (Lipinski definition) is 1. The van der Waals surface area contributed by atoms with E-state index < -0.39 is 11.5 Å².